The highest BCUT2D eigenvalue weighted by Gasteiger charge is 2.41. The summed E-state index contributed by atoms with van der Waals surface area (Å²) >= 11 is 1.50. The second-order valence-electron chi connectivity index (χ2n) is 6.54. The van der Waals surface area contributed by atoms with E-state index in [0.29, 0.717) is 19.5 Å². The first-order valence-corrected chi connectivity index (χ1v) is 9.40. The van der Waals surface area contributed by atoms with E-state index in [1.54, 1.807) is 11.0 Å². The zero-order chi connectivity index (χ0) is 18.6. The number of hydrogen-bond acceptors (Lipinski definition) is 4. The van der Waals surface area contributed by atoms with Crippen LogP contribution in [0.1, 0.15) is 23.8 Å². The van der Waals surface area contributed by atoms with Crippen LogP contribution in [-0.4, -0.2) is 41.5 Å². The lowest BCUT2D eigenvalue weighted by molar-refractivity contribution is -0.128. The van der Waals surface area contributed by atoms with Crippen molar-refractivity contribution in [1.29, 1.82) is 0 Å². The lowest BCUT2D eigenvalue weighted by atomic mass is 9.80. The van der Waals surface area contributed by atoms with Gasteiger partial charge in [0.25, 0.3) is 5.91 Å². The summed E-state index contributed by atoms with van der Waals surface area (Å²) in [4.78, 5) is 27.2. The quantitative estimate of drug-likeness (QED) is 0.794. The van der Waals surface area contributed by atoms with E-state index >= 15 is 0 Å². The maximum absolute atomic E-state index is 13.0. The van der Waals surface area contributed by atoms with Gasteiger partial charge in [0.15, 0.2) is 0 Å². The molecule has 1 atom stereocenters. The molecule has 1 aliphatic heterocycles. The predicted octanol–water partition coefficient (Wildman–Crippen LogP) is 2.39. The van der Waals surface area contributed by atoms with Gasteiger partial charge in [-0.05, 0) is 29.5 Å². The molecule has 1 fully saturated rings. The van der Waals surface area contributed by atoms with Crippen LogP contribution in [0, 0.1) is 0 Å². The average molecular weight is 370 g/mol. The van der Waals surface area contributed by atoms with Crippen LogP contribution < -0.4 is 5.32 Å². The second-order valence-corrected chi connectivity index (χ2v) is 7.52. The van der Waals surface area contributed by atoms with Gasteiger partial charge in [0.1, 0.15) is 5.70 Å². The minimum Gasteiger partial charge on any atom is -0.395 e. The van der Waals surface area contributed by atoms with Gasteiger partial charge in [-0.25, -0.2) is 0 Å². The number of aliphatic hydroxyl groups excluding tert-OH is 1. The average Bonchev–Trinajstić information content (AvgIpc) is 3.31. The lowest BCUT2D eigenvalue weighted by Crippen LogP contribution is -2.40. The van der Waals surface area contributed by atoms with Gasteiger partial charge in [-0.2, -0.15) is 0 Å². The Morgan fingerprint density at radius 2 is 2.04 bits per heavy atom. The fourth-order valence-electron chi connectivity index (χ4n) is 3.32. The number of aliphatic hydroxyl groups is 1. The maximum atomic E-state index is 13.0. The van der Waals surface area contributed by atoms with Gasteiger partial charge in [0, 0.05) is 30.3 Å². The van der Waals surface area contributed by atoms with Crippen LogP contribution in [0.5, 0.6) is 0 Å². The van der Waals surface area contributed by atoms with Crippen molar-refractivity contribution in [3.8, 4) is 0 Å². The molecular weight excluding hydrogens is 348 g/mol. The molecule has 0 spiro atoms. The van der Waals surface area contributed by atoms with Crippen molar-refractivity contribution in [3.63, 3.8) is 0 Å². The van der Waals surface area contributed by atoms with E-state index in [2.05, 4.69) is 5.32 Å². The van der Waals surface area contributed by atoms with Gasteiger partial charge < -0.3 is 15.3 Å². The van der Waals surface area contributed by atoms with E-state index in [1.807, 2.05) is 47.8 Å². The van der Waals surface area contributed by atoms with Crippen LogP contribution in [0.4, 0.5) is 0 Å². The van der Waals surface area contributed by atoms with Crippen molar-refractivity contribution >= 4 is 29.2 Å². The Bertz CT molecular complexity index is 802. The molecular formula is C20H22N2O3S. The number of nitrogens with zero attached hydrogens (tertiary/aromatic N) is 1. The number of nitrogens with one attached hydrogen (secondary N) is 1. The molecule has 2 N–H and O–H groups in total. The van der Waals surface area contributed by atoms with Gasteiger partial charge in [-0.15, -0.1) is 11.3 Å². The molecule has 0 radical (unpaired) electrons. The summed E-state index contributed by atoms with van der Waals surface area (Å²) in [6.45, 7) is 2.33. The first-order valence-electron chi connectivity index (χ1n) is 8.52. The summed E-state index contributed by atoms with van der Waals surface area (Å²) in [6, 6.07) is 13.6. The molecule has 26 heavy (non-hydrogen) atoms. The summed E-state index contributed by atoms with van der Waals surface area (Å²) in [6.07, 6.45) is 2.39. The van der Waals surface area contributed by atoms with E-state index in [1.165, 1.54) is 18.3 Å². The summed E-state index contributed by atoms with van der Waals surface area (Å²) in [5, 5.41) is 14.6. The van der Waals surface area contributed by atoms with Gasteiger partial charge in [0.05, 0.1) is 6.61 Å². The number of hydrogen-bond donors (Lipinski definition) is 2. The first-order chi connectivity index (χ1) is 12.5. The zero-order valence-electron chi connectivity index (χ0n) is 14.6. The van der Waals surface area contributed by atoms with Gasteiger partial charge in [0.2, 0.25) is 5.91 Å². The fourth-order valence-corrected chi connectivity index (χ4v) is 3.98. The summed E-state index contributed by atoms with van der Waals surface area (Å²) in [5.41, 5.74) is 0.837. The van der Waals surface area contributed by atoms with Crippen LogP contribution in [0.25, 0.3) is 6.08 Å². The zero-order valence-corrected chi connectivity index (χ0v) is 15.5. The molecule has 1 aromatic heterocycles. The van der Waals surface area contributed by atoms with Crippen molar-refractivity contribution in [1.82, 2.24) is 10.2 Å². The number of rotatable bonds is 5. The van der Waals surface area contributed by atoms with E-state index < -0.39 is 5.41 Å². The number of thiophene rings is 1. The Morgan fingerprint density at radius 1 is 1.27 bits per heavy atom. The van der Waals surface area contributed by atoms with Crippen LogP contribution in [-0.2, 0) is 15.0 Å². The highest BCUT2D eigenvalue weighted by molar-refractivity contribution is 7.10. The topological polar surface area (TPSA) is 69.6 Å². The van der Waals surface area contributed by atoms with Crippen molar-refractivity contribution in [2.24, 2.45) is 0 Å². The second kappa shape index (κ2) is 7.85. The molecule has 1 unspecified atom stereocenters. The van der Waals surface area contributed by atoms with Gasteiger partial charge in [-0.3, -0.25) is 9.59 Å². The molecule has 2 aromatic rings. The maximum Gasteiger partial charge on any atom is 0.270 e. The summed E-state index contributed by atoms with van der Waals surface area (Å²) in [7, 11) is 0. The molecule has 6 heteroatoms. The third-order valence-electron chi connectivity index (χ3n) is 4.70. The van der Waals surface area contributed by atoms with Crippen molar-refractivity contribution in [3.05, 3.63) is 64.0 Å². The number of amides is 2. The molecule has 2 heterocycles. The summed E-state index contributed by atoms with van der Waals surface area (Å²) < 4.78 is 0. The third kappa shape index (κ3) is 3.86. The highest BCUT2D eigenvalue weighted by Crippen LogP contribution is 2.34. The van der Waals surface area contributed by atoms with Crippen LogP contribution in [0.3, 0.4) is 0 Å². The lowest BCUT2D eigenvalue weighted by Gasteiger charge is -2.28. The number of benzene rings is 1. The number of likely N-dealkylation sites (tertiary alicyclic amines) is 1. The smallest absolute Gasteiger partial charge is 0.270 e. The minimum absolute atomic E-state index is 0.0229. The standard InChI is InChI=1S/C20H22N2O3S/c1-15(24)21-18(12-17-8-5-11-26-17)19(25)22-10-9-20(13-22,14-23)16-6-3-2-4-7-16/h2-8,11-12,23H,9-10,13-14H2,1H3,(H,21,24)/b18-12+. The fraction of sp³-hybridized carbons (Fsp3) is 0.300. The van der Waals surface area contributed by atoms with Crippen molar-refractivity contribution in [2.75, 3.05) is 19.7 Å². The van der Waals surface area contributed by atoms with E-state index in [-0.39, 0.29) is 24.1 Å². The molecule has 136 valence electrons. The molecule has 1 aliphatic rings. The van der Waals surface area contributed by atoms with Gasteiger partial charge >= 0.3 is 0 Å². The van der Waals surface area contributed by atoms with Crippen LogP contribution in [0.15, 0.2) is 53.5 Å². The molecule has 5 nitrogen and oxygen atoms in total. The van der Waals surface area contributed by atoms with E-state index in [0.717, 1.165) is 10.4 Å². The van der Waals surface area contributed by atoms with E-state index in [9.17, 15) is 14.7 Å². The minimum atomic E-state index is -0.457. The molecule has 0 aliphatic carbocycles. The SMILES string of the molecule is CC(=O)N/C(=C/c1cccs1)C(=O)N1CCC(CO)(c2ccccc2)C1. The van der Waals surface area contributed by atoms with Crippen molar-refractivity contribution < 1.29 is 14.7 Å². The molecule has 0 bridgehead atoms. The molecule has 2 amide bonds. The summed E-state index contributed by atoms with van der Waals surface area (Å²) in [5.74, 6) is -0.503. The molecule has 1 aromatic carbocycles. The van der Waals surface area contributed by atoms with Crippen molar-refractivity contribution in [2.45, 2.75) is 18.8 Å². The largest absolute Gasteiger partial charge is 0.395 e. The normalized spacial score (nSPS) is 20.2. The first kappa shape index (κ1) is 18.4. The Morgan fingerprint density at radius 3 is 2.65 bits per heavy atom. The Labute approximate surface area is 157 Å². The molecule has 1 saturated heterocycles. The Kier molecular flexibility index (Phi) is 5.54. The van der Waals surface area contributed by atoms with Crippen LogP contribution in [0.2, 0.25) is 0 Å². The Balaban J connectivity index is 1.83. The predicted molar refractivity (Wildman–Crippen MR) is 103 cm³/mol. The van der Waals surface area contributed by atoms with E-state index in [4.69, 9.17) is 0 Å². The monoisotopic (exact) mass is 370 g/mol. The number of carbonyl (C=O) groups is 2. The molecule has 0 saturated carbocycles. The molecule has 3 rings (SSSR count). The third-order valence-corrected chi connectivity index (χ3v) is 5.52. The Hall–Kier alpha value is -2.44. The highest BCUT2D eigenvalue weighted by atomic mass is 32.1. The van der Waals surface area contributed by atoms with Gasteiger partial charge in [-0.1, -0.05) is 36.4 Å². The van der Waals surface area contributed by atoms with Crippen LogP contribution >= 0.6 is 11.3 Å². The number of carbonyl (C=O) groups excluding carboxylic acids is 2.